The van der Waals surface area contributed by atoms with E-state index >= 15 is 0 Å². The van der Waals surface area contributed by atoms with Crippen LogP contribution >= 0.6 is 0 Å². The minimum Gasteiger partial charge on any atom is -0.476 e. The summed E-state index contributed by atoms with van der Waals surface area (Å²) in [4.78, 5) is 12.3. The van der Waals surface area contributed by atoms with Gasteiger partial charge in [0.05, 0.1) is 24.9 Å². The molecule has 0 unspecified atom stereocenters. The first-order valence-corrected chi connectivity index (χ1v) is 9.52. The Morgan fingerprint density at radius 2 is 1.81 bits per heavy atom. The lowest BCUT2D eigenvalue weighted by Crippen LogP contribution is -2.15. The Bertz CT molecular complexity index is 1020. The molecule has 1 aromatic carbocycles. The Morgan fingerprint density at radius 1 is 1.04 bits per heavy atom. The van der Waals surface area contributed by atoms with Crippen LogP contribution in [-0.4, -0.2) is 36.6 Å². The molecule has 0 aliphatic carbocycles. The van der Waals surface area contributed by atoms with E-state index in [1.54, 1.807) is 44.3 Å². The van der Waals surface area contributed by atoms with Crippen molar-refractivity contribution in [2.24, 2.45) is 0 Å². The van der Waals surface area contributed by atoms with Gasteiger partial charge in [-0.05, 0) is 26.0 Å². The van der Waals surface area contributed by atoms with Crippen molar-refractivity contribution in [3.05, 3.63) is 42.7 Å². The number of ether oxygens (including phenoxy) is 2. The number of nitrogens with one attached hydrogen (secondary N) is 1. The first kappa shape index (κ1) is 17.9. The largest absolute Gasteiger partial charge is 0.476 e. The van der Waals surface area contributed by atoms with Gasteiger partial charge in [0.25, 0.3) is 10.0 Å². The van der Waals surface area contributed by atoms with E-state index in [1.807, 2.05) is 0 Å². The molecule has 1 N–H and O–H groups in total. The molecule has 2 heterocycles. The number of benzene rings is 1. The second-order valence-electron chi connectivity index (χ2n) is 5.17. The van der Waals surface area contributed by atoms with Crippen LogP contribution in [0, 0.1) is 0 Å². The quantitative estimate of drug-likeness (QED) is 0.678. The van der Waals surface area contributed by atoms with Crippen molar-refractivity contribution in [2.45, 2.75) is 18.7 Å². The van der Waals surface area contributed by atoms with E-state index in [2.05, 4.69) is 19.7 Å². The van der Waals surface area contributed by atoms with Crippen LogP contribution in [0.1, 0.15) is 13.8 Å². The van der Waals surface area contributed by atoms with Crippen molar-refractivity contribution in [2.75, 3.05) is 17.9 Å². The van der Waals surface area contributed by atoms with Crippen LogP contribution in [0.25, 0.3) is 10.9 Å². The lowest BCUT2D eigenvalue weighted by atomic mass is 10.2. The predicted octanol–water partition coefficient (Wildman–Crippen LogP) is 2.62. The third-order valence-electron chi connectivity index (χ3n) is 3.42. The highest BCUT2D eigenvalue weighted by molar-refractivity contribution is 7.93. The zero-order valence-corrected chi connectivity index (χ0v) is 15.2. The zero-order chi connectivity index (χ0) is 18.6. The van der Waals surface area contributed by atoms with E-state index < -0.39 is 10.0 Å². The molecule has 3 rings (SSSR count). The summed E-state index contributed by atoms with van der Waals surface area (Å²) in [6, 6.07) is 8.62. The molecule has 0 saturated carbocycles. The standard InChI is InChI=1S/C17H18N4O4S/c1-3-24-16-13(11-19-17(20-16)25-4-2)21-26(22,23)14-9-5-7-12-8-6-10-18-15(12)14/h5-11,21H,3-4H2,1-2H3. The number of fused-ring (bicyclic) bond motifs is 1. The third-order valence-corrected chi connectivity index (χ3v) is 4.81. The van der Waals surface area contributed by atoms with Gasteiger partial charge in [0.2, 0.25) is 5.88 Å². The molecule has 9 heteroatoms. The van der Waals surface area contributed by atoms with Crippen molar-refractivity contribution >= 4 is 26.6 Å². The molecule has 0 fully saturated rings. The van der Waals surface area contributed by atoms with Crippen molar-refractivity contribution in [3.63, 3.8) is 0 Å². The Morgan fingerprint density at radius 3 is 2.58 bits per heavy atom. The van der Waals surface area contributed by atoms with Gasteiger partial charge in [-0.2, -0.15) is 4.98 Å². The summed E-state index contributed by atoms with van der Waals surface area (Å²) >= 11 is 0. The molecule has 0 radical (unpaired) electrons. The molecule has 0 saturated heterocycles. The molecule has 0 amide bonds. The fourth-order valence-corrected chi connectivity index (χ4v) is 3.58. The maximum absolute atomic E-state index is 12.9. The molecule has 0 aliphatic heterocycles. The number of pyridine rings is 1. The highest BCUT2D eigenvalue weighted by Crippen LogP contribution is 2.28. The van der Waals surface area contributed by atoms with Gasteiger partial charge in [-0.15, -0.1) is 0 Å². The average Bonchev–Trinajstić information content (AvgIpc) is 2.64. The predicted molar refractivity (Wildman–Crippen MR) is 96.9 cm³/mol. The number of sulfonamides is 1. The Balaban J connectivity index is 2.01. The Kier molecular flexibility index (Phi) is 5.17. The Labute approximate surface area is 151 Å². The SMILES string of the molecule is CCOc1ncc(NS(=O)(=O)c2cccc3cccnc23)c(OCC)n1. The van der Waals surface area contributed by atoms with Gasteiger partial charge >= 0.3 is 6.01 Å². The van der Waals surface area contributed by atoms with Crippen molar-refractivity contribution < 1.29 is 17.9 Å². The number of hydrogen-bond acceptors (Lipinski definition) is 7. The lowest BCUT2D eigenvalue weighted by Gasteiger charge is -2.13. The summed E-state index contributed by atoms with van der Waals surface area (Å²) in [6.45, 7) is 4.27. The van der Waals surface area contributed by atoms with Crippen LogP contribution in [-0.2, 0) is 10.0 Å². The topological polar surface area (TPSA) is 103 Å². The van der Waals surface area contributed by atoms with Gasteiger partial charge in [0, 0.05) is 11.6 Å². The highest BCUT2D eigenvalue weighted by Gasteiger charge is 2.21. The van der Waals surface area contributed by atoms with E-state index in [4.69, 9.17) is 9.47 Å². The monoisotopic (exact) mass is 374 g/mol. The number of rotatable bonds is 7. The minimum atomic E-state index is -3.92. The molecule has 136 valence electrons. The van der Waals surface area contributed by atoms with E-state index in [-0.39, 0.29) is 22.5 Å². The second-order valence-corrected chi connectivity index (χ2v) is 6.83. The normalized spacial score (nSPS) is 11.3. The summed E-state index contributed by atoms with van der Waals surface area (Å²) in [5, 5.41) is 0.725. The van der Waals surface area contributed by atoms with E-state index in [9.17, 15) is 8.42 Å². The molecule has 0 aliphatic rings. The van der Waals surface area contributed by atoms with Crippen molar-refractivity contribution in [3.8, 4) is 11.9 Å². The molecule has 0 bridgehead atoms. The van der Waals surface area contributed by atoms with Gasteiger partial charge in [-0.25, -0.2) is 13.4 Å². The first-order chi connectivity index (χ1) is 12.5. The first-order valence-electron chi connectivity index (χ1n) is 8.04. The van der Waals surface area contributed by atoms with Gasteiger partial charge in [0.1, 0.15) is 10.6 Å². The van der Waals surface area contributed by atoms with E-state index in [1.165, 1.54) is 12.3 Å². The van der Waals surface area contributed by atoms with Crippen LogP contribution in [0.15, 0.2) is 47.6 Å². The summed E-state index contributed by atoms with van der Waals surface area (Å²) in [5.41, 5.74) is 0.510. The number of anilines is 1. The fourth-order valence-electron chi connectivity index (χ4n) is 2.36. The summed E-state index contributed by atoms with van der Waals surface area (Å²) in [5.74, 6) is 0.0997. The molecular weight excluding hydrogens is 356 g/mol. The molecule has 8 nitrogen and oxygen atoms in total. The molecule has 0 atom stereocenters. The maximum Gasteiger partial charge on any atom is 0.319 e. The Hall–Kier alpha value is -2.94. The minimum absolute atomic E-state index is 0.0620. The number of para-hydroxylation sites is 1. The average molecular weight is 374 g/mol. The molecule has 26 heavy (non-hydrogen) atoms. The van der Waals surface area contributed by atoms with Crippen LogP contribution in [0.2, 0.25) is 0 Å². The van der Waals surface area contributed by atoms with Crippen LogP contribution in [0.4, 0.5) is 5.69 Å². The van der Waals surface area contributed by atoms with Gasteiger partial charge in [0.15, 0.2) is 0 Å². The molecule has 2 aromatic heterocycles. The van der Waals surface area contributed by atoms with Crippen molar-refractivity contribution in [1.29, 1.82) is 0 Å². The van der Waals surface area contributed by atoms with Crippen LogP contribution in [0.3, 0.4) is 0 Å². The maximum atomic E-state index is 12.9. The van der Waals surface area contributed by atoms with Gasteiger partial charge < -0.3 is 9.47 Å². The van der Waals surface area contributed by atoms with Gasteiger partial charge in [-0.1, -0.05) is 18.2 Å². The molecular formula is C17H18N4O4S. The van der Waals surface area contributed by atoms with E-state index in [0.29, 0.717) is 18.7 Å². The van der Waals surface area contributed by atoms with E-state index in [0.717, 1.165) is 5.39 Å². The highest BCUT2D eigenvalue weighted by atomic mass is 32.2. The van der Waals surface area contributed by atoms with Crippen molar-refractivity contribution in [1.82, 2.24) is 15.0 Å². The fraction of sp³-hybridized carbons (Fsp3) is 0.235. The summed E-state index contributed by atoms with van der Waals surface area (Å²) in [6.07, 6.45) is 2.87. The lowest BCUT2D eigenvalue weighted by molar-refractivity contribution is 0.290. The molecule has 3 aromatic rings. The smallest absolute Gasteiger partial charge is 0.319 e. The van der Waals surface area contributed by atoms with Crippen LogP contribution < -0.4 is 14.2 Å². The number of nitrogens with zero attached hydrogens (tertiary/aromatic N) is 3. The molecule has 0 spiro atoms. The second kappa shape index (κ2) is 7.52. The summed E-state index contributed by atoms with van der Waals surface area (Å²) in [7, 11) is -3.92. The number of aromatic nitrogens is 3. The summed E-state index contributed by atoms with van der Waals surface area (Å²) < 4.78 is 38.9. The van der Waals surface area contributed by atoms with Gasteiger partial charge in [-0.3, -0.25) is 9.71 Å². The zero-order valence-electron chi connectivity index (χ0n) is 14.3. The van der Waals surface area contributed by atoms with Crippen LogP contribution in [0.5, 0.6) is 11.9 Å². The third kappa shape index (κ3) is 3.67. The number of hydrogen-bond donors (Lipinski definition) is 1.